The normalized spacial score (nSPS) is 23.1. The smallest absolute Gasteiger partial charge is 0.343 e. The van der Waals surface area contributed by atoms with Crippen molar-refractivity contribution >= 4 is 23.6 Å². The molecule has 2 heterocycles. The van der Waals surface area contributed by atoms with Crippen molar-refractivity contribution < 1.29 is 32.3 Å². The lowest BCUT2D eigenvalue weighted by atomic mass is 9.75. The molecule has 0 spiro atoms. The first-order valence-corrected chi connectivity index (χ1v) is 12.1. The third kappa shape index (κ3) is 5.21. The van der Waals surface area contributed by atoms with Crippen LogP contribution in [0.3, 0.4) is 0 Å². The van der Waals surface area contributed by atoms with E-state index >= 15 is 0 Å². The number of piperidine rings is 1. The highest BCUT2D eigenvalue weighted by atomic mass is 19.4. The molecule has 7 nitrogen and oxygen atoms in total. The van der Waals surface area contributed by atoms with Gasteiger partial charge in [0.25, 0.3) is 0 Å². The molecular weight excluding hydrogens is 463 g/mol. The molecule has 35 heavy (non-hydrogen) atoms. The maximum atomic E-state index is 13.4. The van der Waals surface area contributed by atoms with Crippen molar-refractivity contribution in [1.82, 2.24) is 14.7 Å². The SMILES string of the molecule is CCN(CC)C(=O)[C@@H]1CCCN(C(=O)C[C@]2(c3cccc(C(F)(F)F)c3)CC(=O)N(CC)C2=O)C1. The Morgan fingerprint density at radius 2 is 1.83 bits per heavy atom. The lowest BCUT2D eigenvalue weighted by Crippen LogP contribution is -2.49. The topological polar surface area (TPSA) is 78.0 Å². The number of carbonyl (C=O) groups is 4. The van der Waals surface area contributed by atoms with E-state index in [4.69, 9.17) is 0 Å². The molecule has 0 radical (unpaired) electrons. The predicted octanol–water partition coefficient (Wildman–Crippen LogP) is 3.22. The van der Waals surface area contributed by atoms with Gasteiger partial charge in [0, 0.05) is 45.6 Å². The van der Waals surface area contributed by atoms with Crippen molar-refractivity contribution in [2.75, 3.05) is 32.7 Å². The molecule has 2 aliphatic rings. The first-order valence-electron chi connectivity index (χ1n) is 12.1. The number of hydrogen-bond acceptors (Lipinski definition) is 4. The molecule has 0 saturated carbocycles. The summed E-state index contributed by atoms with van der Waals surface area (Å²) in [6.45, 7) is 7.13. The van der Waals surface area contributed by atoms with Crippen LogP contribution >= 0.6 is 0 Å². The van der Waals surface area contributed by atoms with Gasteiger partial charge in [-0.25, -0.2) is 0 Å². The Hall–Kier alpha value is -2.91. The van der Waals surface area contributed by atoms with Gasteiger partial charge in [0.15, 0.2) is 0 Å². The summed E-state index contributed by atoms with van der Waals surface area (Å²) in [6.07, 6.45) is -4.20. The van der Waals surface area contributed by atoms with Crippen LogP contribution < -0.4 is 0 Å². The number of likely N-dealkylation sites (tertiary alicyclic amines) is 2. The van der Waals surface area contributed by atoms with E-state index in [0.717, 1.165) is 17.0 Å². The van der Waals surface area contributed by atoms with Gasteiger partial charge in [-0.3, -0.25) is 24.1 Å². The summed E-state index contributed by atoms with van der Waals surface area (Å²) in [6, 6.07) is 4.32. The van der Waals surface area contributed by atoms with E-state index in [0.29, 0.717) is 32.5 Å². The van der Waals surface area contributed by atoms with Crippen molar-refractivity contribution in [3.63, 3.8) is 0 Å². The molecule has 1 aromatic carbocycles. The maximum Gasteiger partial charge on any atom is 0.416 e. The molecule has 0 N–H and O–H groups in total. The average Bonchev–Trinajstić information content (AvgIpc) is 3.08. The number of amides is 4. The molecule has 4 amide bonds. The molecular formula is C25H32F3N3O4. The van der Waals surface area contributed by atoms with Crippen LogP contribution in [0, 0.1) is 5.92 Å². The van der Waals surface area contributed by atoms with E-state index in [1.54, 1.807) is 11.8 Å². The molecule has 2 aliphatic heterocycles. The molecule has 1 aromatic rings. The number of hydrogen-bond donors (Lipinski definition) is 0. The van der Waals surface area contributed by atoms with Gasteiger partial charge in [-0.1, -0.05) is 18.2 Å². The van der Waals surface area contributed by atoms with Crippen molar-refractivity contribution in [3.8, 4) is 0 Å². The van der Waals surface area contributed by atoms with Crippen LogP contribution in [0.4, 0.5) is 13.2 Å². The van der Waals surface area contributed by atoms with Gasteiger partial charge < -0.3 is 9.80 Å². The highest BCUT2D eigenvalue weighted by Gasteiger charge is 2.54. The molecule has 2 fully saturated rings. The summed E-state index contributed by atoms with van der Waals surface area (Å²) in [7, 11) is 0. The van der Waals surface area contributed by atoms with Crippen LogP contribution in [0.15, 0.2) is 24.3 Å². The second kappa shape index (κ2) is 10.4. The van der Waals surface area contributed by atoms with Crippen LogP contribution in [0.25, 0.3) is 0 Å². The van der Waals surface area contributed by atoms with Gasteiger partial charge in [-0.2, -0.15) is 13.2 Å². The van der Waals surface area contributed by atoms with Gasteiger partial charge in [-0.15, -0.1) is 0 Å². The Morgan fingerprint density at radius 3 is 2.40 bits per heavy atom. The monoisotopic (exact) mass is 495 g/mol. The molecule has 2 saturated heterocycles. The van der Waals surface area contributed by atoms with Crippen LogP contribution in [0.1, 0.15) is 57.6 Å². The van der Waals surface area contributed by atoms with Crippen LogP contribution in [-0.4, -0.2) is 71.1 Å². The summed E-state index contributed by atoms with van der Waals surface area (Å²) in [5, 5.41) is 0. The van der Waals surface area contributed by atoms with Crippen LogP contribution in [-0.2, 0) is 30.8 Å². The Morgan fingerprint density at radius 1 is 1.14 bits per heavy atom. The fourth-order valence-electron chi connectivity index (χ4n) is 5.15. The number of halogens is 3. The zero-order valence-corrected chi connectivity index (χ0v) is 20.4. The highest BCUT2D eigenvalue weighted by Crippen LogP contribution is 2.42. The van der Waals surface area contributed by atoms with Crippen molar-refractivity contribution in [2.45, 2.75) is 58.0 Å². The number of rotatable bonds is 7. The Kier molecular flexibility index (Phi) is 7.91. The first kappa shape index (κ1) is 26.7. The minimum absolute atomic E-state index is 0.00255. The molecule has 0 unspecified atom stereocenters. The van der Waals surface area contributed by atoms with Crippen LogP contribution in [0.5, 0.6) is 0 Å². The molecule has 3 rings (SSSR count). The van der Waals surface area contributed by atoms with Crippen molar-refractivity contribution in [3.05, 3.63) is 35.4 Å². The summed E-state index contributed by atoms with van der Waals surface area (Å²) in [4.78, 5) is 56.5. The lowest BCUT2D eigenvalue weighted by Gasteiger charge is -2.36. The molecule has 0 aromatic heterocycles. The van der Waals surface area contributed by atoms with Gasteiger partial charge >= 0.3 is 6.18 Å². The summed E-state index contributed by atoms with van der Waals surface area (Å²) < 4.78 is 40.3. The van der Waals surface area contributed by atoms with E-state index in [-0.39, 0.29) is 36.9 Å². The average molecular weight is 496 g/mol. The number of benzene rings is 1. The minimum atomic E-state index is -4.64. The van der Waals surface area contributed by atoms with Gasteiger partial charge in [0.05, 0.1) is 16.9 Å². The quantitative estimate of drug-likeness (QED) is 0.545. The zero-order valence-electron chi connectivity index (χ0n) is 20.4. The van der Waals surface area contributed by atoms with E-state index < -0.39 is 41.3 Å². The second-order valence-electron chi connectivity index (χ2n) is 9.15. The summed E-state index contributed by atoms with van der Waals surface area (Å²) in [5.41, 5.74) is -2.65. The van der Waals surface area contributed by atoms with Gasteiger partial charge in [-0.05, 0) is 45.2 Å². The fourth-order valence-corrected chi connectivity index (χ4v) is 5.15. The van der Waals surface area contributed by atoms with Crippen molar-refractivity contribution in [2.24, 2.45) is 5.92 Å². The Labute approximate surface area is 203 Å². The number of carbonyl (C=O) groups excluding carboxylic acids is 4. The zero-order chi connectivity index (χ0) is 26.0. The molecule has 0 aliphatic carbocycles. The van der Waals surface area contributed by atoms with Crippen LogP contribution in [0.2, 0.25) is 0 Å². The largest absolute Gasteiger partial charge is 0.416 e. The molecule has 192 valence electrons. The molecule has 0 bridgehead atoms. The predicted molar refractivity (Wildman–Crippen MR) is 122 cm³/mol. The lowest BCUT2D eigenvalue weighted by molar-refractivity contribution is -0.145. The Bertz CT molecular complexity index is 992. The Balaban J connectivity index is 1.92. The molecule has 10 heteroatoms. The van der Waals surface area contributed by atoms with E-state index in [9.17, 15) is 32.3 Å². The summed E-state index contributed by atoms with van der Waals surface area (Å²) >= 11 is 0. The second-order valence-corrected chi connectivity index (χ2v) is 9.15. The number of imide groups is 1. The van der Waals surface area contributed by atoms with E-state index in [2.05, 4.69) is 0 Å². The molecule has 2 atom stereocenters. The number of nitrogens with zero attached hydrogens (tertiary/aromatic N) is 3. The first-order chi connectivity index (χ1) is 16.5. The van der Waals surface area contributed by atoms with Crippen molar-refractivity contribution in [1.29, 1.82) is 0 Å². The fraction of sp³-hybridized carbons (Fsp3) is 0.600. The van der Waals surface area contributed by atoms with Gasteiger partial charge in [0.2, 0.25) is 23.6 Å². The minimum Gasteiger partial charge on any atom is -0.343 e. The standard InChI is InChI=1S/C25H32F3N3O4/c1-4-29(5-2)22(34)17-9-8-12-30(16-17)20(32)14-24(15-21(33)31(6-3)23(24)35)18-10-7-11-19(13-18)25(26,27)28/h7,10-11,13,17H,4-6,8-9,12,14-16H2,1-3H3/t17-,24-/m1/s1. The van der Waals surface area contributed by atoms with E-state index in [1.807, 2.05) is 13.8 Å². The van der Waals surface area contributed by atoms with E-state index in [1.165, 1.54) is 17.0 Å². The third-order valence-electron chi connectivity index (χ3n) is 7.12. The number of likely N-dealkylation sites (N-methyl/N-ethyl adjacent to an activating group) is 1. The van der Waals surface area contributed by atoms with Gasteiger partial charge in [0.1, 0.15) is 0 Å². The maximum absolute atomic E-state index is 13.4. The highest BCUT2D eigenvalue weighted by molar-refractivity contribution is 6.10. The third-order valence-corrected chi connectivity index (χ3v) is 7.12. The summed E-state index contributed by atoms with van der Waals surface area (Å²) in [5.74, 6) is -2.03. The number of alkyl halides is 3.